The maximum Gasteiger partial charge on any atom is 0.412 e. The van der Waals surface area contributed by atoms with Gasteiger partial charge in [0.25, 0.3) is 5.56 Å². The summed E-state index contributed by atoms with van der Waals surface area (Å²) in [6.07, 6.45) is -0.729. The third-order valence-electron chi connectivity index (χ3n) is 4.40. The summed E-state index contributed by atoms with van der Waals surface area (Å²) in [6.45, 7) is 0.0492. The summed E-state index contributed by atoms with van der Waals surface area (Å²) in [5.41, 5.74) is -0.689. The lowest BCUT2D eigenvalue weighted by Crippen LogP contribution is -2.16. The second kappa shape index (κ2) is 8.28. The van der Waals surface area contributed by atoms with Gasteiger partial charge in [-0.25, -0.2) is 14.6 Å². The van der Waals surface area contributed by atoms with E-state index in [9.17, 15) is 19.5 Å². The molecule has 0 saturated carbocycles. The van der Waals surface area contributed by atoms with Crippen molar-refractivity contribution in [3.8, 4) is 16.5 Å². The number of aromatic hydroxyl groups is 1. The molecule has 2 aromatic carbocycles. The average Bonchev–Trinajstić information content (AvgIpc) is 3.21. The summed E-state index contributed by atoms with van der Waals surface area (Å²) in [6, 6.07) is 15.1. The molecule has 10 heteroatoms. The lowest BCUT2D eigenvalue weighted by molar-refractivity contribution is 0.0686. The molecule has 0 saturated heterocycles. The van der Waals surface area contributed by atoms with Gasteiger partial charge < -0.3 is 19.9 Å². The van der Waals surface area contributed by atoms with Crippen molar-refractivity contribution < 1.29 is 24.5 Å². The molecular formula is C21H15N3O6S. The van der Waals surface area contributed by atoms with E-state index in [2.05, 4.69) is 15.3 Å². The highest BCUT2D eigenvalue weighted by atomic mass is 32.1. The molecule has 0 unspecified atom stereocenters. The first-order valence-electron chi connectivity index (χ1n) is 8.98. The molecule has 31 heavy (non-hydrogen) atoms. The average molecular weight is 437 g/mol. The van der Waals surface area contributed by atoms with Gasteiger partial charge in [-0.15, -0.1) is 11.3 Å². The number of hydrogen-bond donors (Lipinski definition) is 4. The first-order chi connectivity index (χ1) is 14.9. The van der Waals surface area contributed by atoms with E-state index in [0.717, 1.165) is 27.7 Å². The van der Waals surface area contributed by atoms with E-state index < -0.39 is 29.1 Å². The van der Waals surface area contributed by atoms with Crippen molar-refractivity contribution in [3.63, 3.8) is 0 Å². The van der Waals surface area contributed by atoms with Crippen LogP contribution in [0.1, 0.15) is 16.1 Å². The SMILES string of the molecule is O=C(Nc1ccsc1-c1nc(C(=O)O)c(O)c(=O)[nH]1)OCc1ccc2ccccc2c1. The van der Waals surface area contributed by atoms with Gasteiger partial charge in [-0.3, -0.25) is 10.1 Å². The second-order valence-corrected chi connectivity index (χ2v) is 7.38. The van der Waals surface area contributed by atoms with Crippen LogP contribution in [0.3, 0.4) is 0 Å². The Balaban J connectivity index is 1.49. The van der Waals surface area contributed by atoms with Crippen molar-refractivity contribution in [2.24, 2.45) is 0 Å². The largest absolute Gasteiger partial charge is 0.501 e. The fourth-order valence-electron chi connectivity index (χ4n) is 2.94. The molecule has 0 fully saturated rings. The number of nitrogens with one attached hydrogen (secondary N) is 2. The Bertz CT molecular complexity index is 1360. The van der Waals surface area contributed by atoms with E-state index in [1.54, 1.807) is 11.4 Å². The van der Waals surface area contributed by atoms with Gasteiger partial charge in [0.1, 0.15) is 6.61 Å². The minimum atomic E-state index is -1.55. The van der Waals surface area contributed by atoms with E-state index >= 15 is 0 Å². The monoisotopic (exact) mass is 437 g/mol. The zero-order valence-corrected chi connectivity index (χ0v) is 16.6. The first-order valence-corrected chi connectivity index (χ1v) is 9.86. The fourth-order valence-corrected chi connectivity index (χ4v) is 3.73. The first kappa shape index (κ1) is 20.1. The zero-order valence-electron chi connectivity index (χ0n) is 15.8. The quantitative estimate of drug-likeness (QED) is 0.372. The molecule has 0 aliphatic carbocycles. The van der Waals surface area contributed by atoms with Crippen molar-refractivity contribution >= 4 is 39.9 Å². The summed E-state index contributed by atoms with van der Waals surface area (Å²) in [7, 11) is 0. The van der Waals surface area contributed by atoms with E-state index in [4.69, 9.17) is 9.84 Å². The Morgan fingerprint density at radius 1 is 1.13 bits per heavy atom. The summed E-state index contributed by atoms with van der Waals surface area (Å²) in [5.74, 6) is -2.64. The predicted octanol–water partition coefficient (Wildman–Crippen LogP) is 3.80. The maximum atomic E-state index is 12.3. The number of carbonyl (C=O) groups is 2. The Labute approximate surface area is 178 Å². The van der Waals surface area contributed by atoms with Crippen LogP contribution in [0.2, 0.25) is 0 Å². The highest BCUT2D eigenvalue weighted by Crippen LogP contribution is 2.31. The van der Waals surface area contributed by atoms with Crippen molar-refractivity contribution in [3.05, 3.63) is 75.5 Å². The maximum absolute atomic E-state index is 12.3. The van der Waals surface area contributed by atoms with Crippen molar-refractivity contribution in [2.45, 2.75) is 6.61 Å². The Morgan fingerprint density at radius 3 is 2.68 bits per heavy atom. The van der Waals surface area contributed by atoms with Crippen LogP contribution in [0.5, 0.6) is 5.75 Å². The summed E-state index contributed by atoms with van der Waals surface area (Å²) in [4.78, 5) is 41.7. The van der Waals surface area contributed by atoms with Crippen LogP contribution in [-0.4, -0.2) is 32.2 Å². The number of nitrogens with zero attached hydrogens (tertiary/aromatic N) is 1. The highest BCUT2D eigenvalue weighted by molar-refractivity contribution is 7.14. The molecule has 0 aliphatic heterocycles. The van der Waals surface area contributed by atoms with Crippen molar-refractivity contribution in [2.75, 3.05) is 5.32 Å². The van der Waals surface area contributed by atoms with Gasteiger partial charge in [-0.1, -0.05) is 36.4 Å². The number of aromatic amines is 1. The number of fused-ring (bicyclic) bond motifs is 1. The molecule has 0 spiro atoms. The number of amides is 1. The Hall–Kier alpha value is -4.18. The molecule has 9 nitrogen and oxygen atoms in total. The van der Waals surface area contributed by atoms with E-state index in [0.29, 0.717) is 4.88 Å². The topological polar surface area (TPSA) is 142 Å². The van der Waals surface area contributed by atoms with E-state index in [1.165, 1.54) is 0 Å². The number of rotatable bonds is 5. The van der Waals surface area contributed by atoms with E-state index in [-0.39, 0.29) is 18.1 Å². The number of H-pyrrole nitrogens is 1. The summed E-state index contributed by atoms with van der Waals surface area (Å²) in [5, 5.41) is 25.0. The molecule has 0 radical (unpaired) electrons. The van der Waals surface area contributed by atoms with Crippen molar-refractivity contribution in [1.82, 2.24) is 9.97 Å². The summed E-state index contributed by atoms with van der Waals surface area (Å²) >= 11 is 1.12. The van der Waals surface area contributed by atoms with Gasteiger partial charge >= 0.3 is 12.1 Å². The van der Waals surface area contributed by atoms with Crippen LogP contribution in [0, 0.1) is 0 Å². The zero-order chi connectivity index (χ0) is 22.0. The van der Waals surface area contributed by atoms with Crippen LogP contribution < -0.4 is 10.9 Å². The minimum absolute atomic E-state index is 0.0492. The Morgan fingerprint density at radius 2 is 1.90 bits per heavy atom. The van der Waals surface area contributed by atoms with Gasteiger partial charge in [0.2, 0.25) is 5.75 Å². The Kier molecular flexibility index (Phi) is 5.37. The molecule has 0 aliphatic rings. The smallest absolute Gasteiger partial charge is 0.412 e. The molecule has 156 valence electrons. The molecule has 4 rings (SSSR count). The lowest BCUT2D eigenvalue weighted by Gasteiger charge is -2.09. The fraction of sp³-hybridized carbons (Fsp3) is 0.0476. The van der Waals surface area contributed by atoms with Crippen molar-refractivity contribution in [1.29, 1.82) is 0 Å². The molecule has 2 heterocycles. The number of hydrogen-bond acceptors (Lipinski definition) is 7. The normalized spacial score (nSPS) is 10.7. The van der Waals surface area contributed by atoms with Gasteiger partial charge in [-0.05, 0) is 33.8 Å². The standard InChI is InChI=1S/C21H15N3O6S/c25-16-15(20(27)28)23-18(24-19(16)26)17-14(7-8-31-17)22-21(29)30-10-11-5-6-12-3-1-2-4-13(12)9-11/h1-9,25H,10H2,(H,22,29)(H,27,28)(H,23,24,26). The number of ether oxygens (including phenoxy) is 1. The number of benzene rings is 2. The van der Waals surface area contributed by atoms with Gasteiger partial charge in [-0.2, -0.15) is 0 Å². The van der Waals surface area contributed by atoms with Crippen LogP contribution in [0.25, 0.3) is 21.5 Å². The molecule has 1 amide bonds. The van der Waals surface area contributed by atoms with Crippen LogP contribution in [0.4, 0.5) is 10.5 Å². The summed E-state index contributed by atoms with van der Waals surface area (Å²) < 4.78 is 5.27. The number of aromatic nitrogens is 2. The lowest BCUT2D eigenvalue weighted by atomic mass is 10.1. The van der Waals surface area contributed by atoms with Crippen LogP contribution in [0.15, 0.2) is 58.7 Å². The number of carboxylic acids is 1. The van der Waals surface area contributed by atoms with Crippen LogP contribution >= 0.6 is 11.3 Å². The minimum Gasteiger partial charge on any atom is -0.501 e. The molecule has 4 aromatic rings. The van der Waals surface area contributed by atoms with Gasteiger partial charge in [0, 0.05) is 0 Å². The van der Waals surface area contributed by atoms with Crippen LogP contribution in [-0.2, 0) is 11.3 Å². The molecule has 0 atom stereocenters. The number of thiophene rings is 1. The predicted molar refractivity (Wildman–Crippen MR) is 115 cm³/mol. The van der Waals surface area contributed by atoms with E-state index in [1.807, 2.05) is 42.5 Å². The highest BCUT2D eigenvalue weighted by Gasteiger charge is 2.20. The molecule has 2 aromatic heterocycles. The number of carboxylic acid groups (broad SMARTS) is 1. The van der Waals surface area contributed by atoms with Gasteiger partial charge in [0.15, 0.2) is 11.5 Å². The third-order valence-corrected chi connectivity index (χ3v) is 5.32. The number of anilines is 1. The second-order valence-electron chi connectivity index (χ2n) is 6.46. The number of carbonyl (C=O) groups excluding carboxylic acids is 1. The molecular weight excluding hydrogens is 422 g/mol. The number of aromatic carboxylic acids is 1. The third kappa shape index (κ3) is 4.23. The molecule has 4 N–H and O–H groups in total. The molecule has 0 bridgehead atoms. The van der Waals surface area contributed by atoms with Gasteiger partial charge in [0.05, 0.1) is 10.6 Å².